The van der Waals surface area contributed by atoms with E-state index in [0.29, 0.717) is 17.1 Å². The van der Waals surface area contributed by atoms with Crippen LogP contribution in [-0.2, 0) is 14.6 Å². The van der Waals surface area contributed by atoms with Crippen molar-refractivity contribution in [3.8, 4) is 0 Å². The molecule has 1 aromatic rings. The Morgan fingerprint density at radius 3 is 2.76 bits per heavy atom. The standard InChI is InChI=1S/C15H20N2O3S/c1-21(19,20)13-5-2-8-16-14(13)12-4-3-9-17(10-12)15(18)11-6-7-11/h2,5,8,11-12H,3-4,6-7,9-10H2,1H3/t12-/m1/s1. The van der Waals surface area contributed by atoms with Gasteiger partial charge in [-0.1, -0.05) is 0 Å². The number of aromatic nitrogens is 1. The van der Waals surface area contributed by atoms with E-state index in [0.717, 1.165) is 32.2 Å². The number of likely N-dealkylation sites (tertiary alicyclic amines) is 1. The Bertz CT molecular complexity index is 653. The zero-order valence-corrected chi connectivity index (χ0v) is 13.0. The normalized spacial score (nSPS) is 23.1. The van der Waals surface area contributed by atoms with E-state index in [4.69, 9.17) is 0 Å². The Morgan fingerprint density at radius 1 is 1.33 bits per heavy atom. The molecular formula is C15H20N2O3S. The molecule has 2 heterocycles. The van der Waals surface area contributed by atoms with Crippen LogP contribution in [0.15, 0.2) is 23.2 Å². The number of piperidine rings is 1. The van der Waals surface area contributed by atoms with Gasteiger partial charge in [-0.3, -0.25) is 9.78 Å². The fraction of sp³-hybridized carbons (Fsp3) is 0.600. The fourth-order valence-electron chi connectivity index (χ4n) is 3.01. The van der Waals surface area contributed by atoms with Crippen molar-refractivity contribution in [2.24, 2.45) is 5.92 Å². The predicted octanol–water partition coefficient (Wildman–Crippen LogP) is 1.60. The molecule has 21 heavy (non-hydrogen) atoms. The summed E-state index contributed by atoms with van der Waals surface area (Å²) in [5.41, 5.74) is 0.619. The summed E-state index contributed by atoms with van der Waals surface area (Å²) in [6, 6.07) is 3.26. The van der Waals surface area contributed by atoms with Crippen LogP contribution >= 0.6 is 0 Å². The van der Waals surface area contributed by atoms with Crippen LogP contribution in [0, 0.1) is 5.92 Å². The van der Waals surface area contributed by atoms with E-state index >= 15 is 0 Å². The summed E-state index contributed by atoms with van der Waals surface area (Å²) >= 11 is 0. The van der Waals surface area contributed by atoms with Crippen LogP contribution in [0.2, 0.25) is 0 Å². The van der Waals surface area contributed by atoms with Gasteiger partial charge in [-0.15, -0.1) is 0 Å². The molecule has 0 unspecified atom stereocenters. The van der Waals surface area contributed by atoms with Crippen LogP contribution in [0.4, 0.5) is 0 Å². The Balaban J connectivity index is 1.85. The lowest BCUT2D eigenvalue weighted by atomic mass is 9.94. The number of amides is 1. The van der Waals surface area contributed by atoms with Gasteiger partial charge < -0.3 is 4.90 Å². The molecule has 1 aromatic heterocycles. The molecule has 0 radical (unpaired) electrons. The number of hydrogen-bond donors (Lipinski definition) is 0. The number of sulfone groups is 1. The fourth-order valence-corrected chi connectivity index (χ4v) is 3.94. The van der Waals surface area contributed by atoms with E-state index in [1.807, 2.05) is 4.90 Å². The summed E-state index contributed by atoms with van der Waals surface area (Å²) in [6.45, 7) is 1.38. The van der Waals surface area contributed by atoms with Gasteiger partial charge in [0.15, 0.2) is 9.84 Å². The zero-order valence-electron chi connectivity index (χ0n) is 12.2. The van der Waals surface area contributed by atoms with Gasteiger partial charge in [0.25, 0.3) is 0 Å². The van der Waals surface area contributed by atoms with Gasteiger partial charge >= 0.3 is 0 Å². The highest BCUT2D eigenvalue weighted by molar-refractivity contribution is 7.90. The van der Waals surface area contributed by atoms with E-state index in [-0.39, 0.29) is 17.7 Å². The molecule has 2 aliphatic rings. The van der Waals surface area contributed by atoms with Crippen LogP contribution in [0.3, 0.4) is 0 Å². The molecule has 0 spiro atoms. The summed E-state index contributed by atoms with van der Waals surface area (Å²) in [5.74, 6) is 0.464. The second-order valence-corrected chi connectivity index (χ2v) is 8.04. The number of carbonyl (C=O) groups excluding carboxylic acids is 1. The van der Waals surface area contributed by atoms with Crippen molar-refractivity contribution in [1.29, 1.82) is 0 Å². The highest BCUT2D eigenvalue weighted by atomic mass is 32.2. The van der Waals surface area contributed by atoms with Crippen molar-refractivity contribution in [2.75, 3.05) is 19.3 Å². The molecule has 0 aromatic carbocycles. The Morgan fingerprint density at radius 2 is 2.10 bits per heavy atom. The lowest BCUT2D eigenvalue weighted by Gasteiger charge is -2.33. The largest absolute Gasteiger partial charge is 0.342 e. The minimum atomic E-state index is -3.29. The molecule has 1 atom stereocenters. The quantitative estimate of drug-likeness (QED) is 0.850. The molecule has 1 aliphatic heterocycles. The van der Waals surface area contributed by atoms with E-state index in [9.17, 15) is 13.2 Å². The van der Waals surface area contributed by atoms with E-state index in [1.54, 1.807) is 18.3 Å². The molecule has 1 saturated carbocycles. The average Bonchev–Trinajstić information content (AvgIpc) is 3.30. The molecule has 3 rings (SSSR count). The molecular weight excluding hydrogens is 288 g/mol. The highest BCUT2D eigenvalue weighted by Gasteiger charge is 2.36. The Kier molecular flexibility index (Phi) is 3.73. The molecule has 0 N–H and O–H groups in total. The van der Waals surface area contributed by atoms with Gasteiger partial charge in [0.1, 0.15) is 0 Å². The summed E-state index contributed by atoms with van der Waals surface area (Å²) in [5, 5.41) is 0. The van der Waals surface area contributed by atoms with Gasteiger partial charge in [-0.2, -0.15) is 0 Å². The van der Waals surface area contributed by atoms with Crippen LogP contribution in [0.1, 0.15) is 37.3 Å². The van der Waals surface area contributed by atoms with Crippen molar-refractivity contribution < 1.29 is 13.2 Å². The van der Waals surface area contributed by atoms with Gasteiger partial charge in [0.05, 0.1) is 10.6 Å². The smallest absolute Gasteiger partial charge is 0.225 e. The molecule has 1 aliphatic carbocycles. The number of pyridine rings is 1. The first-order chi connectivity index (χ1) is 9.97. The first-order valence-corrected chi connectivity index (χ1v) is 9.29. The zero-order chi connectivity index (χ0) is 15.0. The third kappa shape index (κ3) is 3.10. The number of rotatable bonds is 3. The van der Waals surface area contributed by atoms with Gasteiger partial charge in [-0.25, -0.2) is 8.42 Å². The predicted molar refractivity (Wildman–Crippen MR) is 78.6 cm³/mol. The van der Waals surface area contributed by atoms with Gasteiger partial charge in [0.2, 0.25) is 5.91 Å². The molecule has 5 nitrogen and oxygen atoms in total. The first kappa shape index (κ1) is 14.5. The minimum Gasteiger partial charge on any atom is -0.342 e. The lowest BCUT2D eigenvalue weighted by Crippen LogP contribution is -2.40. The third-order valence-corrected chi connectivity index (χ3v) is 5.39. The number of hydrogen-bond acceptors (Lipinski definition) is 4. The molecule has 1 amide bonds. The maximum Gasteiger partial charge on any atom is 0.225 e. The maximum absolute atomic E-state index is 12.2. The third-order valence-electron chi connectivity index (χ3n) is 4.25. The average molecular weight is 308 g/mol. The molecule has 6 heteroatoms. The van der Waals surface area contributed by atoms with E-state index < -0.39 is 9.84 Å². The van der Waals surface area contributed by atoms with E-state index in [2.05, 4.69) is 4.98 Å². The van der Waals surface area contributed by atoms with Crippen molar-refractivity contribution in [3.05, 3.63) is 24.0 Å². The SMILES string of the molecule is CS(=O)(=O)c1cccnc1[C@@H]1CCCN(C(=O)C2CC2)C1. The van der Waals surface area contributed by atoms with Crippen molar-refractivity contribution >= 4 is 15.7 Å². The minimum absolute atomic E-state index is 0.0207. The van der Waals surface area contributed by atoms with Crippen molar-refractivity contribution in [1.82, 2.24) is 9.88 Å². The molecule has 2 fully saturated rings. The molecule has 1 saturated heterocycles. The Hall–Kier alpha value is -1.43. The van der Waals surface area contributed by atoms with Gasteiger partial charge in [-0.05, 0) is 37.8 Å². The van der Waals surface area contributed by atoms with Gasteiger partial charge in [0, 0.05) is 37.4 Å². The van der Waals surface area contributed by atoms with Crippen molar-refractivity contribution in [3.63, 3.8) is 0 Å². The molecule has 0 bridgehead atoms. The second-order valence-electron chi connectivity index (χ2n) is 6.06. The number of carbonyl (C=O) groups is 1. The number of nitrogens with zero attached hydrogens (tertiary/aromatic N) is 2. The van der Waals surface area contributed by atoms with Crippen molar-refractivity contribution in [2.45, 2.75) is 36.5 Å². The van der Waals surface area contributed by atoms with Crippen LogP contribution in [-0.4, -0.2) is 43.6 Å². The summed E-state index contributed by atoms with van der Waals surface area (Å²) in [7, 11) is -3.29. The van der Waals surface area contributed by atoms with Crippen LogP contribution in [0.25, 0.3) is 0 Å². The summed E-state index contributed by atoms with van der Waals surface area (Å²) in [6.07, 6.45) is 6.63. The van der Waals surface area contributed by atoms with E-state index in [1.165, 1.54) is 6.26 Å². The monoisotopic (exact) mass is 308 g/mol. The Labute approximate surface area is 125 Å². The summed E-state index contributed by atoms with van der Waals surface area (Å²) in [4.78, 5) is 18.7. The lowest BCUT2D eigenvalue weighted by molar-refractivity contribution is -0.133. The topological polar surface area (TPSA) is 67.3 Å². The summed E-state index contributed by atoms with van der Waals surface area (Å²) < 4.78 is 23.8. The molecule has 114 valence electrons. The van der Waals surface area contributed by atoms with Crippen LogP contribution in [0.5, 0.6) is 0 Å². The highest BCUT2D eigenvalue weighted by Crippen LogP contribution is 2.35. The first-order valence-electron chi connectivity index (χ1n) is 7.40. The second kappa shape index (κ2) is 5.40. The van der Waals surface area contributed by atoms with Crippen LogP contribution < -0.4 is 0 Å². The maximum atomic E-state index is 12.2.